The Morgan fingerprint density at radius 1 is 1.12 bits per heavy atom. The van der Waals surface area contributed by atoms with Crippen molar-refractivity contribution in [2.45, 2.75) is 77.6 Å². The van der Waals surface area contributed by atoms with Crippen molar-refractivity contribution in [3.63, 3.8) is 0 Å². The predicted molar refractivity (Wildman–Crippen MR) is 71.1 cm³/mol. The summed E-state index contributed by atoms with van der Waals surface area (Å²) in [6.45, 7) is 2.21. The first kappa shape index (κ1) is 14.5. The van der Waals surface area contributed by atoms with Crippen LogP contribution in [0.15, 0.2) is 0 Å². The summed E-state index contributed by atoms with van der Waals surface area (Å²) in [6.07, 6.45) is 13.1. The molecule has 2 heteroatoms. The molecule has 1 aliphatic carbocycles. The second-order valence-electron chi connectivity index (χ2n) is 5.55. The lowest BCUT2D eigenvalue weighted by atomic mass is 9.78. The topological polar surface area (TPSA) is 37.3 Å². The molecule has 0 bridgehead atoms. The molecule has 0 heterocycles. The van der Waals surface area contributed by atoms with Gasteiger partial charge in [-0.3, -0.25) is 4.79 Å². The summed E-state index contributed by atoms with van der Waals surface area (Å²) in [5, 5.41) is 9.33. The van der Waals surface area contributed by atoms with Gasteiger partial charge in [0.05, 0.1) is 5.92 Å². The molecule has 0 saturated heterocycles. The maximum Gasteiger partial charge on any atom is 0.306 e. The largest absolute Gasteiger partial charge is 0.481 e. The molecule has 2 nitrogen and oxygen atoms in total. The molecule has 100 valence electrons. The van der Waals surface area contributed by atoms with Crippen LogP contribution in [0.5, 0.6) is 0 Å². The van der Waals surface area contributed by atoms with E-state index in [1.165, 1.54) is 44.9 Å². The van der Waals surface area contributed by atoms with Crippen LogP contribution in [0.2, 0.25) is 0 Å². The zero-order valence-corrected chi connectivity index (χ0v) is 11.3. The number of carboxylic acids is 1. The van der Waals surface area contributed by atoms with Gasteiger partial charge in [0.25, 0.3) is 0 Å². The lowest BCUT2D eigenvalue weighted by Gasteiger charge is -2.27. The molecule has 1 atom stereocenters. The van der Waals surface area contributed by atoms with E-state index in [9.17, 15) is 9.90 Å². The van der Waals surface area contributed by atoms with E-state index >= 15 is 0 Å². The van der Waals surface area contributed by atoms with Crippen LogP contribution < -0.4 is 0 Å². The van der Waals surface area contributed by atoms with Crippen molar-refractivity contribution in [2.24, 2.45) is 11.8 Å². The van der Waals surface area contributed by atoms with Crippen LogP contribution in [-0.4, -0.2) is 11.1 Å². The fourth-order valence-corrected chi connectivity index (χ4v) is 3.07. The molecule has 1 saturated carbocycles. The van der Waals surface area contributed by atoms with E-state index in [4.69, 9.17) is 0 Å². The van der Waals surface area contributed by atoms with Crippen molar-refractivity contribution < 1.29 is 9.90 Å². The van der Waals surface area contributed by atoms with Crippen molar-refractivity contribution in [2.75, 3.05) is 0 Å². The van der Waals surface area contributed by atoms with Gasteiger partial charge in [0.1, 0.15) is 0 Å². The van der Waals surface area contributed by atoms with Gasteiger partial charge in [-0.25, -0.2) is 0 Å². The van der Waals surface area contributed by atoms with E-state index in [0.717, 1.165) is 25.7 Å². The fraction of sp³-hybridized carbons (Fsp3) is 0.933. The van der Waals surface area contributed by atoms with E-state index in [1.807, 2.05) is 0 Å². The summed E-state index contributed by atoms with van der Waals surface area (Å²) >= 11 is 0. The molecule has 0 aromatic carbocycles. The molecule has 0 aliphatic heterocycles. The first-order chi connectivity index (χ1) is 8.25. The summed E-state index contributed by atoms with van der Waals surface area (Å²) in [5.41, 5.74) is 0. The zero-order chi connectivity index (χ0) is 12.5. The van der Waals surface area contributed by atoms with Crippen molar-refractivity contribution in [3.05, 3.63) is 0 Å². The van der Waals surface area contributed by atoms with Gasteiger partial charge in [-0.1, -0.05) is 58.3 Å². The Labute approximate surface area is 106 Å². The maximum absolute atomic E-state index is 11.3. The fourth-order valence-electron chi connectivity index (χ4n) is 3.07. The Hall–Kier alpha value is -0.530. The Morgan fingerprint density at radius 2 is 1.76 bits per heavy atom. The summed E-state index contributed by atoms with van der Waals surface area (Å²) in [4.78, 5) is 11.3. The van der Waals surface area contributed by atoms with Crippen LogP contribution in [-0.2, 0) is 4.79 Å². The summed E-state index contributed by atoms with van der Waals surface area (Å²) in [6, 6.07) is 0. The molecular weight excluding hydrogens is 212 g/mol. The van der Waals surface area contributed by atoms with Crippen molar-refractivity contribution in [3.8, 4) is 0 Å². The Kier molecular flexibility index (Phi) is 7.30. The second-order valence-corrected chi connectivity index (χ2v) is 5.55. The maximum atomic E-state index is 11.3. The lowest BCUT2D eigenvalue weighted by Crippen LogP contribution is -2.25. The molecule has 1 rings (SSSR count). The first-order valence-electron chi connectivity index (χ1n) is 7.48. The highest BCUT2D eigenvalue weighted by atomic mass is 16.4. The molecule has 1 fully saturated rings. The van der Waals surface area contributed by atoms with Gasteiger partial charge in [-0.15, -0.1) is 0 Å². The highest BCUT2D eigenvalue weighted by molar-refractivity contribution is 5.70. The SMILES string of the molecule is CCCCCCCC(C(=O)O)C1CCCCC1. The minimum Gasteiger partial charge on any atom is -0.481 e. The molecule has 0 aromatic heterocycles. The monoisotopic (exact) mass is 240 g/mol. The minimum absolute atomic E-state index is 0.0584. The van der Waals surface area contributed by atoms with Crippen molar-refractivity contribution >= 4 is 5.97 Å². The molecule has 1 unspecified atom stereocenters. The molecule has 0 radical (unpaired) electrons. The first-order valence-corrected chi connectivity index (χ1v) is 7.48. The van der Waals surface area contributed by atoms with Crippen LogP contribution >= 0.6 is 0 Å². The highest BCUT2D eigenvalue weighted by Gasteiger charge is 2.28. The molecule has 0 aromatic rings. The molecule has 1 aliphatic rings. The van der Waals surface area contributed by atoms with E-state index < -0.39 is 5.97 Å². The van der Waals surface area contributed by atoms with E-state index in [0.29, 0.717) is 5.92 Å². The minimum atomic E-state index is -0.549. The Bertz CT molecular complexity index is 207. The normalized spacial score (nSPS) is 19.1. The number of hydrogen-bond donors (Lipinski definition) is 1. The van der Waals surface area contributed by atoms with Gasteiger partial charge < -0.3 is 5.11 Å². The molecule has 1 N–H and O–H groups in total. The number of carboxylic acid groups (broad SMARTS) is 1. The number of rotatable bonds is 8. The Balaban J connectivity index is 2.25. The zero-order valence-electron chi connectivity index (χ0n) is 11.3. The van der Waals surface area contributed by atoms with Crippen LogP contribution in [0.4, 0.5) is 0 Å². The average molecular weight is 240 g/mol. The molecule has 0 amide bonds. The highest BCUT2D eigenvalue weighted by Crippen LogP contribution is 2.33. The lowest BCUT2D eigenvalue weighted by molar-refractivity contribution is -0.144. The summed E-state index contributed by atoms with van der Waals surface area (Å²) < 4.78 is 0. The van der Waals surface area contributed by atoms with Gasteiger partial charge in [-0.2, -0.15) is 0 Å². The van der Waals surface area contributed by atoms with Crippen molar-refractivity contribution in [1.82, 2.24) is 0 Å². The number of unbranched alkanes of at least 4 members (excludes halogenated alkanes) is 4. The number of hydrogen-bond acceptors (Lipinski definition) is 1. The standard InChI is InChI=1S/C15H28O2/c1-2-3-4-5-9-12-14(15(16)17)13-10-7-6-8-11-13/h13-14H,2-12H2,1H3,(H,16,17). The van der Waals surface area contributed by atoms with Gasteiger partial charge in [0.2, 0.25) is 0 Å². The van der Waals surface area contributed by atoms with E-state index in [-0.39, 0.29) is 5.92 Å². The third-order valence-corrected chi connectivity index (χ3v) is 4.15. The van der Waals surface area contributed by atoms with Crippen molar-refractivity contribution in [1.29, 1.82) is 0 Å². The van der Waals surface area contributed by atoms with Gasteiger partial charge in [0.15, 0.2) is 0 Å². The smallest absolute Gasteiger partial charge is 0.306 e. The summed E-state index contributed by atoms with van der Waals surface area (Å²) in [5.74, 6) is -0.142. The average Bonchev–Trinajstić information content (AvgIpc) is 2.34. The van der Waals surface area contributed by atoms with Crippen LogP contribution in [0, 0.1) is 11.8 Å². The Morgan fingerprint density at radius 3 is 2.35 bits per heavy atom. The van der Waals surface area contributed by atoms with Crippen LogP contribution in [0.25, 0.3) is 0 Å². The molecular formula is C15H28O2. The number of carbonyl (C=O) groups is 1. The van der Waals surface area contributed by atoms with Gasteiger partial charge >= 0.3 is 5.97 Å². The quantitative estimate of drug-likeness (QED) is 0.628. The number of aliphatic carboxylic acids is 1. The molecule has 0 spiro atoms. The van der Waals surface area contributed by atoms with Gasteiger partial charge in [-0.05, 0) is 25.2 Å². The third kappa shape index (κ3) is 5.56. The van der Waals surface area contributed by atoms with E-state index in [2.05, 4.69) is 6.92 Å². The van der Waals surface area contributed by atoms with Crippen LogP contribution in [0.3, 0.4) is 0 Å². The van der Waals surface area contributed by atoms with Gasteiger partial charge in [0, 0.05) is 0 Å². The van der Waals surface area contributed by atoms with E-state index in [1.54, 1.807) is 0 Å². The third-order valence-electron chi connectivity index (χ3n) is 4.15. The second kappa shape index (κ2) is 8.54. The van der Waals surface area contributed by atoms with Crippen LogP contribution in [0.1, 0.15) is 77.6 Å². The summed E-state index contributed by atoms with van der Waals surface area (Å²) in [7, 11) is 0. The predicted octanol–water partition coefficient (Wildman–Crippen LogP) is 4.63. The molecule has 17 heavy (non-hydrogen) atoms.